The third-order valence-electron chi connectivity index (χ3n) is 3.88. The number of halogens is 2. The second-order valence-corrected chi connectivity index (χ2v) is 8.74. The molecule has 0 spiro atoms. The lowest BCUT2D eigenvalue weighted by Gasteiger charge is -2.11. The fourth-order valence-electron chi connectivity index (χ4n) is 2.67. The molecule has 0 fully saturated rings. The molecule has 0 radical (unpaired) electrons. The van der Waals surface area contributed by atoms with E-state index < -0.39 is 0 Å². The van der Waals surface area contributed by atoms with Crippen LogP contribution in [-0.2, 0) is 0 Å². The molecular weight excluding hydrogens is 523 g/mol. The van der Waals surface area contributed by atoms with Crippen LogP contribution in [-0.4, -0.2) is 9.55 Å². The minimum atomic E-state index is -0.0679. The Morgan fingerprint density at radius 2 is 1.88 bits per heavy atom. The summed E-state index contributed by atoms with van der Waals surface area (Å²) in [5, 5.41) is 2.64. The molecule has 0 unspecified atom stereocenters. The van der Waals surface area contributed by atoms with E-state index in [-0.39, 0.29) is 5.56 Å². The van der Waals surface area contributed by atoms with Gasteiger partial charge in [-0.25, -0.2) is 4.98 Å². The van der Waals surface area contributed by atoms with Gasteiger partial charge in [-0.3, -0.25) is 9.36 Å². The Kier molecular flexibility index (Phi) is 5.06. The minimum Gasteiger partial charge on any atom is -0.268 e. The Hall–Kier alpha value is -1.77. The van der Waals surface area contributed by atoms with E-state index in [1.54, 1.807) is 15.9 Å². The van der Waals surface area contributed by atoms with Crippen LogP contribution < -0.4 is 5.56 Å². The summed E-state index contributed by atoms with van der Waals surface area (Å²) in [6.07, 6.45) is 3.88. The molecule has 0 aliphatic carbocycles. The highest BCUT2D eigenvalue weighted by Gasteiger charge is 2.11. The number of hydrogen-bond acceptors (Lipinski definition) is 3. The number of hydrogen-bond donors (Lipinski definition) is 0. The minimum absolute atomic E-state index is 0.0679. The maximum Gasteiger partial charge on any atom is 0.266 e. The third-order valence-corrected chi connectivity index (χ3v) is 5.92. The molecule has 2 heterocycles. The quantitative estimate of drug-likeness (QED) is 0.303. The predicted molar refractivity (Wildman–Crippen MR) is 121 cm³/mol. The van der Waals surface area contributed by atoms with E-state index in [4.69, 9.17) is 4.98 Å². The maximum atomic E-state index is 13.2. The molecule has 0 atom stereocenters. The van der Waals surface area contributed by atoms with Crippen LogP contribution >= 0.6 is 49.9 Å². The van der Waals surface area contributed by atoms with Gasteiger partial charge in [0.2, 0.25) is 0 Å². The monoisotopic (exact) mass is 534 g/mol. The van der Waals surface area contributed by atoms with Gasteiger partial charge in [0.15, 0.2) is 0 Å². The molecule has 0 N–H and O–H groups in total. The molecule has 0 bridgehead atoms. The molecule has 4 rings (SSSR count). The SMILES string of the molecule is O=c1c2cc(I)ccc2nc(C=Cc2cccs2)n1-c1ccc(Br)cc1. The zero-order valence-corrected chi connectivity index (χ0v) is 18.0. The molecular formula is C20H12BrIN2OS. The largest absolute Gasteiger partial charge is 0.268 e. The van der Waals surface area contributed by atoms with Gasteiger partial charge in [-0.2, -0.15) is 0 Å². The molecule has 3 nitrogen and oxygen atoms in total. The second kappa shape index (κ2) is 7.46. The lowest BCUT2D eigenvalue weighted by molar-refractivity contribution is 0.943. The second-order valence-electron chi connectivity index (χ2n) is 5.60. The summed E-state index contributed by atoms with van der Waals surface area (Å²) in [7, 11) is 0. The smallest absolute Gasteiger partial charge is 0.266 e. The Bertz CT molecular complexity index is 1170. The van der Waals surface area contributed by atoms with Gasteiger partial charge in [0.05, 0.1) is 16.6 Å². The first-order chi connectivity index (χ1) is 12.6. The Morgan fingerprint density at radius 3 is 2.62 bits per heavy atom. The van der Waals surface area contributed by atoms with Crippen molar-refractivity contribution in [3.05, 3.63) is 89.1 Å². The van der Waals surface area contributed by atoms with E-state index in [1.807, 2.05) is 72.1 Å². The zero-order chi connectivity index (χ0) is 18.1. The van der Waals surface area contributed by atoms with Gasteiger partial charge in [0.25, 0.3) is 5.56 Å². The summed E-state index contributed by atoms with van der Waals surface area (Å²) in [5.74, 6) is 0.611. The van der Waals surface area contributed by atoms with Crippen molar-refractivity contribution in [3.63, 3.8) is 0 Å². The number of rotatable bonds is 3. The number of aromatic nitrogens is 2. The standard InChI is InChI=1S/C20H12BrIN2OS/c21-13-3-6-15(7-4-13)24-19(10-8-16-2-1-11-26-16)23-18-9-5-14(22)12-17(18)20(24)25/h1-12H. The number of fused-ring (bicyclic) bond motifs is 1. The van der Waals surface area contributed by atoms with Crippen molar-refractivity contribution in [2.45, 2.75) is 0 Å². The topological polar surface area (TPSA) is 34.9 Å². The van der Waals surface area contributed by atoms with Crippen molar-refractivity contribution in [3.8, 4) is 5.69 Å². The van der Waals surface area contributed by atoms with Crippen molar-refractivity contribution in [1.82, 2.24) is 9.55 Å². The molecule has 26 heavy (non-hydrogen) atoms. The fourth-order valence-corrected chi connectivity index (χ4v) is 4.04. The normalized spacial score (nSPS) is 11.5. The van der Waals surface area contributed by atoms with E-state index >= 15 is 0 Å². The highest BCUT2D eigenvalue weighted by molar-refractivity contribution is 14.1. The summed E-state index contributed by atoms with van der Waals surface area (Å²) in [5.41, 5.74) is 1.42. The maximum absolute atomic E-state index is 13.2. The molecule has 0 amide bonds. The third kappa shape index (κ3) is 3.54. The van der Waals surface area contributed by atoms with Crippen molar-refractivity contribution in [1.29, 1.82) is 0 Å². The average Bonchev–Trinajstić information content (AvgIpc) is 3.15. The van der Waals surface area contributed by atoms with Gasteiger partial charge in [-0.05, 0) is 88.7 Å². The van der Waals surface area contributed by atoms with Crippen LogP contribution in [0.25, 0.3) is 28.7 Å². The first-order valence-electron chi connectivity index (χ1n) is 7.82. The molecule has 6 heteroatoms. The molecule has 0 aliphatic heterocycles. The lowest BCUT2D eigenvalue weighted by atomic mass is 10.2. The number of benzene rings is 2. The number of thiophene rings is 1. The lowest BCUT2D eigenvalue weighted by Crippen LogP contribution is -2.22. The van der Waals surface area contributed by atoms with Crippen LogP contribution in [0.1, 0.15) is 10.7 Å². The molecule has 128 valence electrons. The van der Waals surface area contributed by atoms with E-state index in [0.717, 1.165) is 18.6 Å². The van der Waals surface area contributed by atoms with Crippen LogP contribution in [0, 0.1) is 3.57 Å². The Morgan fingerprint density at radius 1 is 1.08 bits per heavy atom. The van der Waals surface area contributed by atoms with Gasteiger partial charge in [-0.1, -0.05) is 22.0 Å². The van der Waals surface area contributed by atoms with E-state index in [9.17, 15) is 4.79 Å². The van der Waals surface area contributed by atoms with Crippen molar-refractivity contribution >= 4 is 72.9 Å². The van der Waals surface area contributed by atoms with Gasteiger partial charge in [-0.15, -0.1) is 11.3 Å². The summed E-state index contributed by atoms with van der Waals surface area (Å²) in [4.78, 5) is 19.1. The predicted octanol–water partition coefficient (Wildman–Crippen LogP) is 5.98. The van der Waals surface area contributed by atoms with Crippen LogP contribution in [0.15, 0.2) is 69.2 Å². The van der Waals surface area contributed by atoms with E-state index in [1.165, 1.54) is 0 Å². The molecule has 0 saturated heterocycles. The highest BCUT2D eigenvalue weighted by Crippen LogP contribution is 2.20. The Labute approximate surface area is 176 Å². The average molecular weight is 535 g/mol. The first kappa shape index (κ1) is 17.6. The molecule has 4 aromatic rings. The van der Waals surface area contributed by atoms with E-state index in [0.29, 0.717) is 16.7 Å². The van der Waals surface area contributed by atoms with Gasteiger partial charge in [0, 0.05) is 12.9 Å². The summed E-state index contributed by atoms with van der Waals surface area (Å²) in [6, 6.07) is 17.5. The molecule has 0 saturated carbocycles. The van der Waals surface area contributed by atoms with Gasteiger partial charge < -0.3 is 0 Å². The highest BCUT2D eigenvalue weighted by atomic mass is 127. The van der Waals surface area contributed by atoms with Crippen molar-refractivity contribution in [2.24, 2.45) is 0 Å². The molecule has 2 aromatic carbocycles. The van der Waals surface area contributed by atoms with Gasteiger partial charge in [0.1, 0.15) is 5.82 Å². The molecule has 0 aliphatic rings. The number of nitrogens with zero attached hydrogens (tertiary/aromatic N) is 2. The van der Waals surface area contributed by atoms with Crippen LogP contribution in [0.3, 0.4) is 0 Å². The van der Waals surface area contributed by atoms with E-state index in [2.05, 4.69) is 38.5 Å². The zero-order valence-electron chi connectivity index (χ0n) is 13.4. The Balaban J connectivity index is 1.98. The van der Waals surface area contributed by atoms with Gasteiger partial charge >= 0.3 is 0 Å². The van der Waals surface area contributed by atoms with Crippen LogP contribution in [0.5, 0.6) is 0 Å². The molecule has 2 aromatic heterocycles. The summed E-state index contributed by atoms with van der Waals surface area (Å²) in [6.45, 7) is 0. The van der Waals surface area contributed by atoms with Crippen LogP contribution in [0.4, 0.5) is 0 Å². The van der Waals surface area contributed by atoms with Crippen molar-refractivity contribution in [2.75, 3.05) is 0 Å². The fraction of sp³-hybridized carbons (Fsp3) is 0. The summed E-state index contributed by atoms with van der Waals surface area (Å²) < 4.78 is 3.64. The summed E-state index contributed by atoms with van der Waals surface area (Å²) >= 11 is 7.30. The van der Waals surface area contributed by atoms with Crippen molar-refractivity contribution < 1.29 is 0 Å². The van der Waals surface area contributed by atoms with Crippen LogP contribution in [0.2, 0.25) is 0 Å². The first-order valence-corrected chi connectivity index (χ1v) is 10.6.